The highest BCUT2D eigenvalue weighted by atomic mass is 16.5. The third-order valence-electron chi connectivity index (χ3n) is 6.31. The average Bonchev–Trinajstić information content (AvgIpc) is 2.72. The summed E-state index contributed by atoms with van der Waals surface area (Å²) < 4.78 is 4.94. The Morgan fingerprint density at radius 1 is 0.935 bits per heavy atom. The van der Waals surface area contributed by atoms with Crippen molar-refractivity contribution in [2.24, 2.45) is 0 Å². The van der Waals surface area contributed by atoms with E-state index in [1.165, 1.54) is 36.9 Å². The van der Waals surface area contributed by atoms with Crippen molar-refractivity contribution >= 4 is 23.5 Å². The number of carboxylic acids is 1. The molecule has 0 spiro atoms. The molecule has 0 radical (unpaired) electrons. The van der Waals surface area contributed by atoms with Crippen molar-refractivity contribution in [3.05, 3.63) is 64.7 Å². The number of carboxylic acid groups (broad SMARTS) is 1. The van der Waals surface area contributed by atoms with Crippen LogP contribution in [0.5, 0.6) is 0 Å². The number of carbonyl (C=O) groups excluding carboxylic acids is 2. The predicted octanol–water partition coefficient (Wildman–Crippen LogP) is 4.63. The summed E-state index contributed by atoms with van der Waals surface area (Å²) >= 11 is 0. The minimum atomic E-state index is -1.13. The molecule has 0 heterocycles. The third kappa shape index (κ3) is 4.48. The zero-order valence-electron chi connectivity index (χ0n) is 18.6. The number of fused-ring (bicyclic) bond motifs is 1. The Labute approximate surface area is 182 Å². The second-order valence-electron chi connectivity index (χ2n) is 9.40. The van der Waals surface area contributed by atoms with E-state index in [9.17, 15) is 14.4 Å². The number of hydrogen-bond acceptors (Lipinski definition) is 4. The van der Waals surface area contributed by atoms with Crippen molar-refractivity contribution in [2.45, 2.75) is 57.3 Å². The van der Waals surface area contributed by atoms with Crippen molar-refractivity contribution in [1.29, 1.82) is 0 Å². The number of anilines is 1. The number of rotatable bonds is 5. The number of esters is 1. The Hall–Kier alpha value is -3.15. The van der Waals surface area contributed by atoms with Crippen LogP contribution in [0, 0.1) is 0 Å². The van der Waals surface area contributed by atoms with E-state index < -0.39 is 23.8 Å². The van der Waals surface area contributed by atoms with Gasteiger partial charge in [-0.3, -0.25) is 9.59 Å². The fraction of sp³-hybridized carbons (Fsp3) is 0.400. The zero-order valence-corrected chi connectivity index (χ0v) is 18.6. The first-order valence-electron chi connectivity index (χ1n) is 10.3. The minimum absolute atomic E-state index is 0.0261. The van der Waals surface area contributed by atoms with Crippen LogP contribution in [0.3, 0.4) is 0 Å². The summed E-state index contributed by atoms with van der Waals surface area (Å²) in [6.07, 6.45) is 2.08. The number of carbonyl (C=O) groups is 3. The largest absolute Gasteiger partial charge is 0.478 e. The van der Waals surface area contributed by atoms with Crippen molar-refractivity contribution in [3.8, 4) is 0 Å². The number of ether oxygens (including phenoxy) is 1. The lowest BCUT2D eigenvalue weighted by Crippen LogP contribution is -2.35. The van der Waals surface area contributed by atoms with Gasteiger partial charge in [0, 0.05) is 5.69 Å². The highest BCUT2D eigenvalue weighted by Gasteiger charge is 2.38. The molecule has 1 amide bonds. The lowest BCUT2D eigenvalue weighted by atomic mass is 9.62. The van der Waals surface area contributed by atoms with Gasteiger partial charge in [-0.2, -0.15) is 0 Å². The Morgan fingerprint density at radius 2 is 1.52 bits per heavy atom. The van der Waals surface area contributed by atoms with Gasteiger partial charge in [0.2, 0.25) is 5.91 Å². The number of nitrogens with one attached hydrogen (secondary N) is 1. The molecule has 2 N–H and O–H groups in total. The molecular formula is C25H29NO5. The van der Waals surface area contributed by atoms with Gasteiger partial charge in [0.15, 0.2) is 5.92 Å². The zero-order chi connectivity index (χ0) is 23.0. The van der Waals surface area contributed by atoms with E-state index in [4.69, 9.17) is 9.84 Å². The maximum Gasteiger partial charge on any atom is 0.335 e. The smallest absolute Gasteiger partial charge is 0.335 e. The van der Waals surface area contributed by atoms with Crippen LogP contribution in [0.2, 0.25) is 0 Å². The standard InChI is InChI=1S/C25H29NO5/c1-24(2)12-13-25(3,4)19-14-16(8-11-18(19)24)20(23(30)31-5)21(27)26-17-9-6-15(7-10-17)22(28)29/h6-11,14,20H,12-13H2,1-5H3,(H,26,27)(H,28,29). The summed E-state index contributed by atoms with van der Waals surface area (Å²) in [5.41, 5.74) is 3.44. The fourth-order valence-corrected chi connectivity index (χ4v) is 4.21. The summed E-state index contributed by atoms with van der Waals surface area (Å²) in [4.78, 5) is 36.7. The summed E-state index contributed by atoms with van der Waals surface area (Å²) in [6.45, 7) is 8.79. The Bertz CT molecular complexity index is 1020. The van der Waals surface area contributed by atoms with Crippen LogP contribution in [0.15, 0.2) is 42.5 Å². The van der Waals surface area contributed by atoms with E-state index in [1.54, 1.807) is 0 Å². The van der Waals surface area contributed by atoms with E-state index in [1.807, 2.05) is 18.2 Å². The predicted molar refractivity (Wildman–Crippen MR) is 119 cm³/mol. The maximum atomic E-state index is 13.1. The van der Waals surface area contributed by atoms with Gasteiger partial charge in [-0.1, -0.05) is 45.9 Å². The molecule has 0 aromatic heterocycles. The fourth-order valence-electron chi connectivity index (χ4n) is 4.21. The summed E-state index contributed by atoms with van der Waals surface area (Å²) in [5.74, 6) is -3.35. The second kappa shape index (κ2) is 8.17. The van der Waals surface area contributed by atoms with Gasteiger partial charge in [-0.15, -0.1) is 0 Å². The lowest BCUT2D eigenvalue weighted by Gasteiger charge is -2.42. The Balaban J connectivity index is 1.97. The van der Waals surface area contributed by atoms with Gasteiger partial charge in [-0.25, -0.2) is 4.79 Å². The Morgan fingerprint density at radius 3 is 2.06 bits per heavy atom. The van der Waals surface area contributed by atoms with Gasteiger partial charge in [-0.05, 0) is 64.6 Å². The van der Waals surface area contributed by atoms with Crippen LogP contribution in [0.25, 0.3) is 0 Å². The molecular weight excluding hydrogens is 394 g/mol. The highest BCUT2D eigenvalue weighted by molar-refractivity contribution is 6.09. The van der Waals surface area contributed by atoms with Crippen LogP contribution in [-0.4, -0.2) is 30.1 Å². The Kier molecular flexibility index (Phi) is 5.94. The molecule has 0 saturated carbocycles. The van der Waals surface area contributed by atoms with Crippen LogP contribution in [-0.2, 0) is 25.2 Å². The molecule has 1 atom stereocenters. The minimum Gasteiger partial charge on any atom is -0.478 e. The number of methoxy groups -OCH3 is 1. The molecule has 164 valence electrons. The van der Waals surface area contributed by atoms with Gasteiger partial charge in [0.1, 0.15) is 0 Å². The normalized spacial score (nSPS) is 17.2. The lowest BCUT2D eigenvalue weighted by molar-refractivity contribution is -0.145. The van der Waals surface area contributed by atoms with Crippen molar-refractivity contribution in [3.63, 3.8) is 0 Å². The molecule has 3 rings (SSSR count). The number of aromatic carboxylic acids is 1. The molecule has 2 aromatic rings. The van der Waals surface area contributed by atoms with E-state index in [0.29, 0.717) is 11.3 Å². The molecule has 0 bridgehead atoms. The summed E-state index contributed by atoms with van der Waals surface area (Å²) in [5, 5.41) is 11.7. The van der Waals surface area contributed by atoms with E-state index in [-0.39, 0.29) is 16.4 Å². The molecule has 6 heteroatoms. The van der Waals surface area contributed by atoms with E-state index in [0.717, 1.165) is 18.4 Å². The molecule has 31 heavy (non-hydrogen) atoms. The molecule has 1 aliphatic rings. The first-order chi connectivity index (χ1) is 14.5. The topological polar surface area (TPSA) is 92.7 Å². The maximum absolute atomic E-state index is 13.1. The van der Waals surface area contributed by atoms with Crippen molar-refractivity contribution < 1.29 is 24.2 Å². The van der Waals surface area contributed by atoms with Crippen molar-refractivity contribution in [1.82, 2.24) is 0 Å². The highest BCUT2D eigenvalue weighted by Crippen LogP contribution is 2.46. The van der Waals surface area contributed by atoms with Crippen LogP contribution in [0.1, 0.15) is 73.5 Å². The quantitative estimate of drug-likeness (QED) is 0.540. The molecule has 0 aliphatic heterocycles. The molecule has 6 nitrogen and oxygen atoms in total. The summed E-state index contributed by atoms with van der Waals surface area (Å²) in [6, 6.07) is 11.6. The first kappa shape index (κ1) is 22.5. The second-order valence-corrected chi connectivity index (χ2v) is 9.40. The van der Waals surface area contributed by atoms with E-state index in [2.05, 4.69) is 33.0 Å². The van der Waals surface area contributed by atoms with Crippen molar-refractivity contribution in [2.75, 3.05) is 12.4 Å². The number of hydrogen-bond donors (Lipinski definition) is 2. The average molecular weight is 424 g/mol. The molecule has 2 aromatic carbocycles. The molecule has 1 aliphatic carbocycles. The number of benzene rings is 2. The van der Waals surface area contributed by atoms with Gasteiger partial charge >= 0.3 is 11.9 Å². The van der Waals surface area contributed by atoms with Crippen LogP contribution in [0.4, 0.5) is 5.69 Å². The van der Waals surface area contributed by atoms with Gasteiger partial charge < -0.3 is 15.2 Å². The molecule has 1 unspecified atom stereocenters. The first-order valence-corrected chi connectivity index (χ1v) is 10.3. The number of amides is 1. The molecule has 0 saturated heterocycles. The van der Waals surface area contributed by atoms with E-state index >= 15 is 0 Å². The third-order valence-corrected chi connectivity index (χ3v) is 6.31. The summed E-state index contributed by atoms with van der Waals surface area (Å²) in [7, 11) is 1.26. The van der Waals surface area contributed by atoms with Crippen LogP contribution < -0.4 is 5.32 Å². The SMILES string of the molecule is COC(=O)C(C(=O)Nc1ccc(C(=O)O)cc1)c1ccc2c(c1)C(C)(C)CCC2(C)C. The van der Waals surface area contributed by atoms with Crippen LogP contribution >= 0.6 is 0 Å². The van der Waals surface area contributed by atoms with Gasteiger partial charge in [0.25, 0.3) is 0 Å². The monoisotopic (exact) mass is 423 g/mol. The van der Waals surface area contributed by atoms with Gasteiger partial charge in [0.05, 0.1) is 12.7 Å². The molecule has 0 fully saturated rings.